The molecule has 0 aliphatic heterocycles. The molecule has 2 aromatic heterocycles. The highest BCUT2D eigenvalue weighted by Gasteiger charge is 2.25. The van der Waals surface area contributed by atoms with Gasteiger partial charge in [0.2, 0.25) is 0 Å². The normalized spacial score (nSPS) is 15.8. The van der Waals surface area contributed by atoms with Crippen LogP contribution in [0.25, 0.3) is 11.4 Å². The number of aromatic nitrogens is 3. The molecule has 1 aromatic carbocycles. The fraction of sp³-hybridized carbons (Fsp3) is 0.238. The number of fused-ring (bicyclic) bond motifs is 1. The van der Waals surface area contributed by atoms with Crippen molar-refractivity contribution in [2.75, 3.05) is 0 Å². The van der Waals surface area contributed by atoms with Crippen molar-refractivity contribution in [1.82, 2.24) is 20.3 Å². The number of nitrogens with one attached hydrogen (secondary N) is 1. The molecule has 1 amide bonds. The summed E-state index contributed by atoms with van der Waals surface area (Å²) < 4.78 is 0. The number of phenolic OH excluding ortho intramolecular Hbond substituents is 1. The third kappa shape index (κ3) is 3.51. The number of carbonyl (C=O) groups is 1. The predicted octanol–water partition coefficient (Wildman–Crippen LogP) is 3.36. The standard InChI is InChI=1S/C21H20N4O2/c1-13-7-8-15(19(26)10-13)21(27)25-18-6-2-5-17-16(18)12-23-20(24-17)14-4-3-9-22-11-14/h3-4,7-12,18,26H,2,5-6H2,1H3,(H,25,27). The molecule has 6 nitrogen and oxygen atoms in total. The number of carbonyl (C=O) groups excluding carboxylic acids is 1. The van der Waals surface area contributed by atoms with Gasteiger partial charge in [-0.15, -0.1) is 0 Å². The molecule has 1 atom stereocenters. The topological polar surface area (TPSA) is 88.0 Å². The lowest BCUT2D eigenvalue weighted by atomic mass is 9.92. The van der Waals surface area contributed by atoms with Crippen molar-refractivity contribution >= 4 is 5.91 Å². The highest BCUT2D eigenvalue weighted by molar-refractivity contribution is 5.97. The summed E-state index contributed by atoms with van der Waals surface area (Å²) in [5.41, 5.74) is 3.95. The van der Waals surface area contributed by atoms with Crippen LogP contribution in [0, 0.1) is 6.92 Å². The first-order valence-electron chi connectivity index (χ1n) is 8.98. The Morgan fingerprint density at radius 2 is 2.15 bits per heavy atom. The Morgan fingerprint density at radius 1 is 1.26 bits per heavy atom. The van der Waals surface area contributed by atoms with Gasteiger partial charge in [-0.1, -0.05) is 6.07 Å². The minimum Gasteiger partial charge on any atom is -0.507 e. The summed E-state index contributed by atoms with van der Waals surface area (Å²) in [6.07, 6.45) is 7.86. The van der Waals surface area contributed by atoms with E-state index < -0.39 is 0 Å². The minimum absolute atomic E-state index is 0.00768. The minimum atomic E-state index is -0.290. The van der Waals surface area contributed by atoms with Crippen LogP contribution in [-0.2, 0) is 6.42 Å². The Labute approximate surface area is 157 Å². The molecule has 2 N–H and O–H groups in total. The zero-order valence-electron chi connectivity index (χ0n) is 15.0. The third-order valence-corrected chi connectivity index (χ3v) is 4.80. The maximum atomic E-state index is 12.6. The number of phenols is 1. The van der Waals surface area contributed by atoms with Gasteiger partial charge in [-0.2, -0.15) is 0 Å². The highest BCUT2D eigenvalue weighted by Crippen LogP contribution is 2.30. The van der Waals surface area contributed by atoms with E-state index in [1.54, 1.807) is 30.7 Å². The third-order valence-electron chi connectivity index (χ3n) is 4.80. The molecular formula is C21H20N4O2. The first-order chi connectivity index (χ1) is 13.1. The molecule has 0 bridgehead atoms. The van der Waals surface area contributed by atoms with E-state index in [1.165, 1.54) is 0 Å². The fourth-order valence-corrected chi connectivity index (χ4v) is 3.40. The largest absolute Gasteiger partial charge is 0.507 e. The van der Waals surface area contributed by atoms with E-state index in [0.29, 0.717) is 5.82 Å². The number of aromatic hydroxyl groups is 1. The van der Waals surface area contributed by atoms with Crippen LogP contribution in [0.15, 0.2) is 48.9 Å². The summed E-state index contributed by atoms with van der Waals surface area (Å²) >= 11 is 0. The molecule has 0 saturated carbocycles. The number of hydrogen-bond acceptors (Lipinski definition) is 5. The molecule has 2 heterocycles. The SMILES string of the molecule is Cc1ccc(C(=O)NC2CCCc3nc(-c4cccnc4)ncc32)c(O)c1. The van der Waals surface area contributed by atoms with Gasteiger partial charge in [0.15, 0.2) is 5.82 Å². The molecular weight excluding hydrogens is 340 g/mol. The number of amides is 1. The van der Waals surface area contributed by atoms with E-state index in [-0.39, 0.29) is 23.3 Å². The Balaban J connectivity index is 1.59. The molecule has 27 heavy (non-hydrogen) atoms. The van der Waals surface area contributed by atoms with E-state index in [1.807, 2.05) is 25.1 Å². The second-order valence-electron chi connectivity index (χ2n) is 6.78. The van der Waals surface area contributed by atoms with Crippen LogP contribution in [0.3, 0.4) is 0 Å². The van der Waals surface area contributed by atoms with Gasteiger partial charge in [0.1, 0.15) is 5.75 Å². The molecule has 1 aliphatic carbocycles. The lowest BCUT2D eigenvalue weighted by molar-refractivity contribution is 0.0930. The lowest BCUT2D eigenvalue weighted by Crippen LogP contribution is -2.31. The van der Waals surface area contributed by atoms with Gasteiger partial charge >= 0.3 is 0 Å². The van der Waals surface area contributed by atoms with Crippen LogP contribution in [0.4, 0.5) is 0 Å². The number of rotatable bonds is 3. The molecule has 1 unspecified atom stereocenters. The van der Waals surface area contributed by atoms with Crippen LogP contribution >= 0.6 is 0 Å². The molecule has 0 radical (unpaired) electrons. The summed E-state index contributed by atoms with van der Waals surface area (Å²) in [6, 6.07) is 8.67. The van der Waals surface area contributed by atoms with Crippen LogP contribution in [0.5, 0.6) is 5.75 Å². The van der Waals surface area contributed by atoms with E-state index in [4.69, 9.17) is 4.98 Å². The summed E-state index contributed by atoms with van der Waals surface area (Å²) in [5, 5.41) is 13.1. The first-order valence-corrected chi connectivity index (χ1v) is 8.98. The van der Waals surface area contributed by atoms with Crippen LogP contribution in [0.2, 0.25) is 0 Å². The molecule has 0 spiro atoms. The number of benzene rings is 1. The average Bonchev–Trinajstić information content (AvgIpc) is 2.68. The van der Waals surface area contributed by atoms with Crippen molar-refractivity contribution in [3.05, 3.63) is 71.3 Å². The van der Waals surface area contributed by atoms with E-state index in [9.17, 15) is 9.90 Å². The van der Waals surface area contributed by atoms with Gasteiger partial charge in [-0.05, 0) is 56.0 Å². The van der Waals surface area contributed by atoms with E-state index >= 15 is 0 Å². The fourth-order valence-electron chi connectivity index (χ4n) is 3.40. The quantitative estimate of drug-likeness (QED) is 0.748. The zero-order valence-corrected chi connectivity index (χ0v) is 15.0. The smallest absolute Gasteiger partial charge is 0.255 e. The van der Waals surface area contributed by atoms with E-state index in [2.05, 4.69) is 15.3 Å². The molecule has 6 heteroatoms. The Morgan fingerprint density at radius 3 is 2.93 bits per heavy atom. The molecule has 3 aromatic rings. The number of aryl methyl sites for hydroxylation is 2. The maximum absolute atomic E-state index is 12.6. The molecule has 136 valence electrons. The van der Waals surface area contributed by atoms with Gasteiger partial charge in [0, 0.05) is 35.4 Å². The molecule has 1 aliphatic rings. The first kappa shape index (κ1) is 17.1. The molecule has 0 saturated heterocycles. The van der Waals surface area contributed by atoms with Gasteiger partial charge < -0.3 is 10.4 Å². The van der Waals surface area contributed by atoms with Gasteiger partial charge in [0.05, 0.1) is 11.6 Å². The zero-order chi connectivity index (χ0) is 18.8. The van der Waals surface area contributed by atoms with Crippen molar-refractivity contribution in [3.8, 4) is 17.1 Å². The van der Waals surface area contributed by atoms with Crippen molar-refractivity contribution < 1.29 is 9.90 Å². The summed E-state index contributed by atoms with van der Waals surface area (Å²) in [6.45, 7) is 1.87. The second-order valence-corrected chi connectivity index (χ2v) is 6.78. The van der Waals surface area contributed by atoms with Crippen molar-refractivity contribution in [3.63, 3.8) is 0 Å². The van der Waals surface area contributed by atoms with Crippen LogP contribution in [0.1, 0.15) is 46.1 Å². The monoisotopic (exact) mass is 360 g/mol. The maximum Gasteiger partial charge on any atom is 0.255 e. The lowest BCUT2D eigenvalue weighted by Gasteiger charge is -2.25. The Bertz CT molecular complexity index is 989. The molecule has 4 rings (SSSR count). The van der Waals surface area contributed by atoms with Gasteiger partial charge in [-0.3, -0.25) is 9.78 Å². The van der Waals surface area contributed by atoms with E-state index in [0.717, 1.165) is 41.6 Å². The average molecular weight is 360 g/mol. The number of nitrogens with zero attached hydrogens (tertiary/aromatic N) is 3. The summed E-state index contributed by atoms with van der Waals surface area (Å²) in [7, 11) is 0. The summed E-state index contributed by atoms with van der Waals surface area (Å²) in [4.78, 5) is 25.9. The number of hydrogen-bond donors (Lipinski definition) is 2. The van der Waals surface area contributed by atoms with Crippen LogP contribution in [-0.4, -0.2) is 26.0 Å². The van der Waals surface area contributed by atoms with Crippen LogP contribution < -0.4 is 5.32 Å². The predicted molar refractivity (Wildman–Crippen MR) is 101 cm³/mol. The van der Waals surface area contributed by atoms with Gasteiger partial charge in [-0.25, -0.2) is 9.97 Å². The molecule has 0 fully saturated rings. The Kier molecular flexibility index (Phi) is 4.54. The van der Waals surface area contributed by atoms with Crippen molar-refractivity contribution in [2.24, 2.45) is 0 Å². The van der Waals surface area contributed by atoms with Crippen molar-refractivity contribution in [2.45, 2.75) is 32.2 Å². The number of pyridine rings is 1. The van der Waals surface area contributed by atoms with Gasteiger partial charge in [0.25, 0.3) is 5.91 Å². The highest BCUT2D eigenvalue weighted by atomic mass is 16.3. The second kappa shape index (κ2) is 7.15. The van der Waals surface area contributed by atoms with Crippen molar-refractivity contribution in [1.29, 1.82) is 0 Å². The Hall–Kier alpha value is -3.28. The summed E-state index contributed by atoms with van der Waals surface area (Å²) in [5.74, 6) is 0.346.